The summed E-state index contributed by atoms with van der Waals surface area (Å²) in [6, 6.07) is 0. The van der Waals surface area contributed by atoms with Gasteiger partial charge in [0.25, 0.3) is 0 Å². The fourth-order valence-corrected chi connectivity index (χ4v) is 0.527. The number of alkyl halides is 5. The molecule has 0 radical (unpaired) electrons. The van der Waals surface area contributed by atoms with Crippen molar-refractivity contribution in [2.45, 2.75) is 38.3 Å². The largest absolute Gasteiger partial charge is 0.340 e. The van der Waals surface area contributed by atoms with Crippen molar-refractivity contribution < 1.29 is 22.0 Å². The van der Waals surface area contributed by atoms with Crippen LogP contribution >= 0.6 is 0 Å². The number of hydrogen-bond donors (Lipinski definition) is 0. The quantitative estimate of drug-likeness (QED) is 0.580. The van der Waals surface area contributed by atoms with Crippen molar-refractivity contribution in [2.24, 2.45) is 0 Å². The molecule has 0 fully saturated rings. The van der Waals surface area contributed by atoms with Crippen LogP contribution in [0, 0.1) is 0 Å². The molecule has 0 bridgehead atoms. The van der Waals surface area contributed by atoms with Gasteiger partial charge >= 0.3 is 11.8 Å². The van der Waals surface area contributed by atoms with Gasteiger partial charge in [0.15, 0.2) is 6.17 Å². The first kappa shape index (κ1) is 10.7. The molecule has 0 spiro atoms. The minimum absolute atomic E-state index is 0.420. The number of hydrogen-bond acceptors (Lipinski definition) is 0. The summed E-state index contributed by atoms with van der Waals surface area (Å²) in [4.78, 5) is 0. The van der Waals surface area contributed by atoms with Gasteiger partial charge in [-0.15, -0.1) is 0 Å². The first-order chi connectivity index (χ1) is 4.75. The molecule has 0 saturated carbocycles. The molecule has 1 atom stereocenters. The molecule has 0 saturated heterocycles. The third-order valence-corrected chi connectivity index (χ3v) is 1.43. The van der Waals surface area contributed by atoms with Crippen LogP contribution < -0.4 is 0 Å². The summed E-state index contributed by atoms with van der Waals surface area (Å²) in [6.07, 6.45) is -3.88. The summed E-state index contributed by atoms with van der Waals surface area (Å²) < 4.78 is 60.7. The molecule has 5 heteroatoms. The van der Waals surface area contributed by atoms with Crippen LogP contribution in [0.4, 0.5) is 22.0 Å². The summed E-state index contributed by atoms with van der Waals surface area (Å²) in [5.41, 5.74) is 0. The van der Waals surface area contributed by atoms with Gasteiger partial charge in [-0.2, -0.15) is 17.6 Å². The smallest absolute Gasteiger partial charge is 0.241 e. The summed E-state index contributed by atoms with van der Waals surface area (Å²) in [6.45, 7) is 1.31. The first-order valence-electron chi connectivity index (χ1n) is 3.15. The molecule has 0 aliphatic heterocycles. The molecule has 0 aromatic rings. The highest BCUT2D eigenvalue weighted by molar-refractivity contribution is 4.87. The van der Waals surface area contributed by atoms with Gasteiger partial charge < -0.3 is 0 Å². The second kappa shape index (κ2) is 2.95. The summed E-state index contributed by atoms with van der Waals surface area (Å²) >= 11 is 0. The predicted octanol–water partition coefficient (Wildman–Crippen LogP) is 3.03. The molecular weight excluding hydrogens is 167 g/mol. The van der Waals surface area contributed by atoms with Crippen LogP contribution in [0.1, 0.15) is 20.3 Å². The molecule has 0 aliphatic carbocycles. The van der Waals surface area contributed by atoms with Gasteiger partial charge in [0, 0.05) is 6.42 Å². The SMILES string of the molecule is CCC(F)(F)C(F)(F)C(C)F. The molecule has 0 aliphatic rings. The van der Waals surface area contributed by atoms with E-state index in [1.54, 1.807) is 0 Å². The Morgan fingerprint density at radius 3 is 1.64 bits per heavy atom. The van der Waals surface area contributed by atoms with Crippen molar-refractivity contribution in [3.8, 4) is 0 Å². The van der Waals surface area contributed by atoms with E-state index in [1.165, 1.54) is 0 Å². The summed E-state index contributed by atoms with van der Waals surface area (Å²) in [7, 11) is 0. The predicted molar refractivity (Wildman–Crippen MR) is 30.8 cm³/mol. The molecule has 0 aromatic heterocycles. The fourth-order valence-electron chi connectivity index (χ4n) is 0.527. The number of rotatable bonds is 3. The Hall–Kier alpha value is -0.350. The van der Waals surface area contributed by atoms with Gasteiger partial charge in [-0.3, -0.25) is 0 Å². The lowest BCUT2D eigenvalue weighted by Crippen LogP contribution is -2.46. The molecule has 0 N–H and O–H groups in total. The third kappa shape index (κ3) is 1.81. The molecule has 0 rings (SSSR count). The van der Waals surface area contributed by atoms with Crippen molar-refractivity contribution in [3.63, 3.8) is 0 Å². The average molecular weight is 176 g/mol. The monoisotopic (exact) mass is 176 g/mol. The standard InChI is InChI=1S/C6H9F5/c1-3-5(8,9)6(10,11)4(2)7/h4H,3H2,1-2H3. The Labute approximate surface area is 61.4 Å². The van der Waals surface area contributed by atoms with Gasteiger partial charge in [0.05, 0.1) is 0 Å². The van der Waals surface area contributed by atoms with Crippen LogP contribution in [0.25, 0.3) is 0 Å². The molecule has 68 valence electrons. The summed E-state index contributed by atoms with van der Waals surface area (Å²) in [5, 5.41) is 0. The second-order valence-electron chi connectivity index (χ2n) is 2.30. The lowest BCUT2D eigenvalue weighted by molar-refractivity contribution is -0.236. The third-order valence-electron chi connectivity index (χ3n) is 1.43. The molecule has 0 aromatic carbocycles. The Bertz CT molecular complexity index is 129. The highest BCUT2D eigenvalue weighted by atomic mass is 19.3. The van der Waals surface area contributed by atoms with Gasteiger partial charge in [-0.05, 0) is 6.92 Å². The lowest BCUT2D eigenvalue weighted by Gasteiger charge is -2.26. The molecule has 0 nitrogen and oxygen atoms in total. The van der Waals surface area contributed by atoms with Crippen LogP contribution in [0.2, 0.25) is 0 Å². The van der Waals surface area contributed by atoms with E-state index in [2.05, 4.69) is 0 Å². The topological polar surface area (TPSA) is 0 Å². The van der Waals surface area contributed by atoms with E-state index in [0.29, 0.717) is 6.92 Å². The van der Waals surface area contributed by atoms with Crippen LogP contribution in [-0.4, -0.2) is 18.0 Å². The van der Waals surface area contributed by atoms with E-state index in [1.807, 2.05) is 0 Å². The van der Waals surface area contributed by atoms with Crippen molar-refractivity contribution >= 4 is 0 Å². The summed E-state index contributed by atoms with van der Waals surface area (Å²) in [5.74, 6) is -8.80. The van der Waals surface area contributed by atoms with Gasteiger partial charge in [-0.1, -0.05) is 6.92 Å². The van der Waals surface area contributed by atoms with Crippen LogP contribution in [0.5, 0.6) is 0 Å². The molecule has 0 heterocycles. The van der Waals surface area contributed by atoms with E-state index in [0.717, 1.165) is 6.92 Å². The van der Waals surface area contributed by atoms with E-state index >= 15 is 0 Å². The zero-order chi connectivity index (χ0) is 9.28. The van der Waals surface area contributed by atoms with Crippen molar-refractivity contribution in [1.82, 2.24) is 0 Å². The van der Waals surface area contributed by atoms with Crippen molar-refractivity contribution in [1.29, 1.82) is 0 Å². The normalized spacial score (nSPS) is 16.6. The van der Waals surface area contributed by atoms with Gasteiger partial charge in [-0.25, -0.2) is 4.39 Å². The highest BCUT2D eigenvalue weighted by Crippen LogP contribution is 2.40. The van der Waals surface area contributed by atoms with Gasteiger partial charge in [0.2, 0.25) is 0 Å². The highest BCUT2D eigenvalue weighted by Gasteiger charge is 2.58. The molecular formula is C6H9F5. The second-order valence-corrected chi connectivity index (χ2v) is 2.30. The van der Waals surface area contributed by atoms with Crippen LogP contribution in [0.15, 0.2) is 0 Å². The van der Waals surface area contributed by atoms with Crippen molar-refractivity contribution in [3.05, 3.63) is 0 Å². The van der Waals surface area contributed by atoms with E-state index in [4.69, 9.17) is 0 Å². The maximum Gasteiger partial charge on any atom is 0.340 e. The fraction of sp³-hybridized carbons (Fsp3) is 1.00. The number of halogens is 5. The molecule has 11 heavy (non-hydrogen) atoms. The van der Waals surface area contributed by atoms with Crippen LogP contribution in [0.3, 0.4) is 0 Å². The molecule has 0 amide bonds. The average Bonchev–Trinajstić information content (AvgIpc) is 1.87. The Morgan fingerprint density at radius 1 is 1.18 bits per heavy atom. The van der Waals surface area contributed by atoms with Crippen LogP contribution in [-0.2, 0) is 0 Å². The lowest BCUT2D eigenvalue weighted by atomic mass is 10.1. The minimum atomic E-state index is -4.55. The van der Waals surface area contributed by atoms with E-state index in [9.17, 15) is 22.0 Å². The zero-order valence-corrected chi connectivity index (χ0v) is 6.17. The first-order valence-corrected chi connectivity index (χ1v) is 3.15. The minimum Gasteiger partial charge on any atom is -0.241 e. The van der Waals surface area contributed by atoms with E-state index in [-0.39, 0.29) is 0 Å². The Balaban J connectivity index is 4.53. The maximum absolute atomic E-state index is 12.2. The maximum atomic E-state index is 12.2. The zero-order valence-electron chi connectivity index (χ0n) is 6.17. The Kier molecular flexibility index (Phi) is 2.85. The van der Waals surface area contributed by atoms with Gasteiger partial charge in [0.1, 0.15) is 0 Å². The van der Waals surface area contributed by atoms with E-state index < -0.39 is 24.4 Å². The van der Waals surface area contributed by atoms with Crippen molar-refractivity contribution in [2.75, 3.05) is 0 Å². The molecule has 1 unspecified atom stereocenters. The Morgan fingerprint density at radius 2 is 1.55 bits per heavy atom.